The number of ether oxygens (including phenoxy) is 2. The van der Waals surface area contributed by atoms with E-state index < -0.39 is 59.9 Å². The number of rotatable bonds is 15. The molecule has 48 heavy (non-hydrogen) atoms. The molecule has 3 aromatic carbocycles. The van der Waals surface area contributed by atoms with Crippen molar-refractivity contribution < 1.29 is 33.4 Å². The Labute approximate surface area is 282 Å². The normalized spacial score (nSPS) is 13.0. The minimum atomic E-state index is -1.41. The van der Waals surface area contributed by atoms with Crippen molar-refractivity contribution in [1.82, 2.24) is 20.9 Å². The third-order valence-corrected chi connectivity index (χ3v) is 7.71. The fraction of sp³-hybridized carbons (Fsp3) is 0.432. The van der Waals surface area contributed by atoms with Crippen LogP contribution in [0.4, 0.5) is 4.79 Å². The maximum absolute atomic E-state index is 13.9. The highest BCUT2D eigenvalue weighted by Gasteiger charge is 2.34. The van der Waals surface area contributed by atoms with Crippen molar-refractivity contribution in [3.05, 3.63) is 83.9 Å². The van der Waals surface area contributed by atoms with Gasteiger partial charge in [-0.1, -0.05) is 92.6 Å². The van der Waals surface area contributed by atoms with Gasteiger partial charge in [0.2, 0.25) is 17.7 Å². The zero-order chi connectivity index (χ0) is 35.3. The average molecular weight is 661 g/mol. The summed E-state index contributed by atoms with van der Waals surface area (Å²) in [5.74, 6) is -2.56. The van der Waals surface area contributed by atoms with E-state index in [-0.39, 0.29) is 13.0 Å². The van der Waals surface area contributed by atoms with Crippen LogP contribution in [0.25, 0.3) is 10.8 Å². The molecule has 0 heterocycles. The van der Waals surface area contributed by atoms with Crippen molar-refractivity contribution in [3.63, 3.8) is 0 Å². The van der Waals surface area contributed by atoms with Gasteiger partial charge in [0.05, 0.1) is 6.42 Å². The third-order valence-electron chi connectivity index (χ3n) is 7.71. The van der Waals surface area contributed by atoms with Gasteiger partial charge in [-0.15, -0.1) is 0 Å². The Balaban J connectivity index is 1.87. The lowest BCUT2D eigenvalue weighted by Gasteiger charge is -2.31. The molecule has 3 N–H and O–H groups in total. The van der Waals surface area contributed by atoms with E-state index in [1.807, 2.05) is 67.6 Å². The number of nitrogens with one attached hydrogen (secondary N) is 3. The first kappa shape index (κ1) is 37.5. The predicted octanol–water partition coefficient (Wildman–Crippen LogP) is 4.66. The summed E-state index contributed by atoms with van der Waals surface area (Å²) in [4.78, 5) is 67.9. The van der Waals surface area contributed by atoms with Crippen LogP contribution in [0.1, 0.15) is 64.5 Å². The highest BCUT2D eigenvalue weighted by molar-refractivity contribution is 5.96. The van der Waals surface area contributed by atoms with E-state index >= 15 is 0 Å². The molecule has 3 aromatic rings. The van der Waals surface area contributed by atoms with Gasteiger partial charge in [-0.2, -0.15) is 0 Å². The molecule has 0 fully saturated rings. The molecule has 0 aliphatic heterocycles. The van der Waals surface area contributed by atoms with Crippen LogP contribution in [0.15, 0.2) is 72.8 Å². The summed E-state index contributed by atoms with van der Waals surface area (Å²) >= 11 is 0. The Kier molecular flexibility index (Phi) is 13.9. The SMILES string of the molecule is CCCC[C@@H](C(=O)N[C@@H](CC(=O)OCc1ccccc1)C(=O)N[C@@H](Cc1cccc2ccccc12)C(=O)NC)N(C)C(=O)OC(C)(C)C. The van der Waals surface area contributed by atoms with Gasteiger partial charge in [0.15, 0.2) is 0 Å². The molecule has 11 nitrogen and oxygen atoms in total. The number of benzene rings is 3. The van der Waals surface area contributed by atoms with E-state index in [2.05, 4.69) is 16.0 Å². The quantitative estimate of drug-likeness (QED) is 0.201. The van der Waals surface area contributed by atoms with Gasteiger partial charge >= 0.3 is 12.1 Å². The second kappa shape index (κ2) is 17.8. The molecule has 0 aliphatic rings. The van der Waals surface area contributed by atoms with Crippen molar-refractivity contribution in [2.24, 2.45) is 0 Å². The van der Waals surface area contributed by atoms with Gasteiger partial charge in [-0.05, 0) is 49.1 Å². The maximum Gasteiger partial charge on any atom is 0.410 e. The molecule has 4 amide bonds. The lowest BCUT2D eigenvalue weighted by atomic mass is 9.98. The molecule has 0 bridgehead atoms. The Morgan fingerprint density at radius 3 is 2.12 bits per heavy atom. The molecule has 0 saturated carbocycles. The van der Waals surface area contributed by atoms with Crippen LogP contribution >= 0.6 is 0 Å². The largest absolute Gasteiger partial charge is 0.461 e. The minimum Gasteiger partial charge on any atom is -0.461 e. The minimum absolute atomic E-state index is 0.0234. The molecule has 0 spiro atoms. The molecule has 3 atom stereocenters. The summed E-state index contributed by atoms with van der Waals surface area (Å²) in [5.41, 5.74) is 0.800. The topological polar surface area (TPSA) is 143 Å². The number of nitrogens with zero attached hydrogens (tertiary/aromatic N) is 1. The molecule has 0 aromatic heterocycles. The molecule has 0 aliphatic carbocycles. The van der Waals surface area contributed by atoms with Crippen LogP contribution in [0.2, 0.25) is 0 Å². The zero-order valence-corrected chi connectivity index (χ0v) is 28.7. The summed E-state index contributed by atoms with van der Waals surface area (Å²) in [6, 6.07) is 19.1. The van der Waals surface area contributed by atoms with Gasteiger partial charge < -0.3 is 25.4 Å². The highest BCUT2D eigenvalue weighted by atomic mass is 16.6. The van der Waals surface area contributed by atoms with Crippen LogP contribution in [0.3, 0.4) is 0 Å². The molecular weight excluding hydrogens is 612 g/mol. The first-order valence-corrected chi connectivity index (χ1v) is 16.3. The van der Waals surface area contributed by atoms with Crippen LogP contribution in [0, 0.1) is 0 Å². The number of likely N-dealkylation sites (N-methyl/N-ethyl adjacent to an activating group) is 2. The molecule has 0 saturated heterocycles. The number of carbonyl (C=O) groups is 5. The number of fused-ring (bicyclic) bond motifs is 1. The van der Waals surface area contributed by atoms with Gasteiger partial charge in [0, 0.05) is 20.5 Å². The number of amides is 4. The van der Waals surface area contributed by atoms with Crippen LogP contribution in [-0.2, 0) is 41.7 Å². The fourth-order valence-corrected chi connectivity index (χ4v) is 5.15. The van der Waals surface area contributed by atoms with Gasteiger partial charge in [0.1, 0.15) is 30.3 Å². The Bertz CT molecular complexity index is 1550. The summed E-state index contributed by atoms with van der Waals surface area (Å²) in [5, 5.41) is 9.94. The van der Waals surface area contributed by atoms with Crippen LogP contribution < -0.4 is 16.0 Å². The molecule has 258 valence electrons. The third kappa shape index (κ3) is 11.4. The van der Waals surface area contributed by atoms with Crippen molar-refractivity contribution in [3.8, 4) is 0 Å². The lowest BCUT2D eigenvalue weighted by Crippen LogP contribution is -2.57. The van der Waals surface area contributed by atoms with E-state index in [0.29, 0.717) is 12.8 Å². The predicted molar refractivity (Wildman–Crippen MR) is 184 cm³/mol. The second-order valence-corrected chi connectivity index (χ2v) is 12.7. The van der Waals surface area contributed by atoms with Crippen molar-refractivity contribution >= 4 is 40.6 Å². The number of carbonyl (C=O) groups excluding carboxylic acids is 5. The van der Waals surface area contributed by atoms with Crippen LogP contribution in [-0.4, -0.2) is 72.5 Å². The summed E-state index contributed by atoms with van der Waals surface area (Å²) in [6.07, 6.45) is 0.626. The summed E-state index contributed by atoms with van der Waals surface area (Å²) < 4.78 is 10.9. The van der Waals surface area contributed by atoms with Crippen molar-refractivity contribution in [2.45, 2.75) is 90.1 Å². The molecule has 11 heteroatoms. The molecule has 0 radical (unpaired) electrons. The van der Waals surface area contributed by atoms with E-state index in [4.69, 9.17) is 9.47 Å². The Hall–Kier alpha value is -4.93. The number of unbranched alkanes of at least 4 members (excludes halogenated alkanes) is 1. The Morgan fingerprint density at radius 1 is 0.812 bits per heavy atom. The number of hydrogen-bond acceptors (Lipinski definition) is 7. The highest BCUT2D eigenvalue weighted by Crippen LogP contribution is 2.20. The lowest BCUT2D eigenvalue weighted by molar-refractivity contribution is -0.147. The van der Waals surface area contributed by atoms with E-state index in [1.165, 1.54) is 19.0 Å². The van der Waals surface area contributed by atoms with Gasteiger partial charge in [0.25, 0.3) is 0 Å². The standard InChI is InChI=1S/C37H48N4O7/c1-7-8-21-31(41(6)36(46)48-37(2,3)4)35(45)40-30(23-32(42)47-24-25-15-10-9-11-16-25)34(44)39-29(33(43)38-5)22-27-19-14-18-26-17-12-13-20-28(26)27/h9-20,29-31H,7-8,21-24H2,1-6H3,(H,38,43)(H,39,44)(H,40,45)/t29-,30-,31-/m0/s1. The van der Waals surface area contributed by atoms with Gasteiger partial charge in [-0.25, -0.2) is 4.79 Å². The maximum atomic E-state index is 13.9. The summed E-state index contributed by atoms with van der Waals surface area (Å²) in [6.45, 7) is 7.11. The fourth-order valence-electron chi connectivity index (χ4n) is 5.15. The van der Waals surface area contributed by atoms with E-state index in [0.717, 1.165) is 28.3 Å². The van der Waals surface area contributed by atoms with Crippen LogP contribution in [0.5, 0.6) is 0 Å². The zero-order valence-electron chi connectivity index (χ0n) is 28.7. The van der Waals surface area contributed by atoms with Crippen molar-refractivity contribution in [2.75, 3.05) is 14.1 Å². The first-order valence-electron chi connectivity index (χ1n) is 16.3. The number of hydrogen-bond donors (Lipinski definition) is 3. The van der Waals surface area contributed by atoms with Gasteiger partial charge in [-0.3, -0.25) is 24.1 Å². The van der Waals surface area contributed by atoms with Crippen molar-refractivity contribution in [1.29, 1.82) is 0 Å². The summed E-state index contributed by atoms with van der Waals surface area (Å²) in [7, 11) is 2.93. The smallest absolute Gasteiger partial charge is 0.410 e. The molecule has 0 unspecified atom stereocenters. The second-order valence-electron chi connectivity index (χ2n) is 12.7. The Morgan fingerprint density at radius 2 is 1.46 bits per heavy atom. The number of esters is 1. The first-order chi connectivity index (χ1) is 22.8. The van der Waals surface area contributed by atoms with E-state index in [9.17, 15) is 24.0 Å². The monoisotopic (exact) mass is 660 g/mol. The van der Waals surface area contributed by atoms with E-state index in [1.54, 1.807) is 32.9 Å². The molecular formula is C37H48N4O7. The average Bonchev–Trinajstić information content (AvgIpc) is 3.06. The molecule has 3 rings (SSSR count).